The second-order valence-corrected chi connectivity index (χ2v) is 7.25. The maximum Gasteiger partial charge on any atom is 0.158 e. The molecule has 1 aliphatic rings. The van der Waals surface area contributed by atoms with E-state index in [-0.39, 0.29) is 11.0 Å². The highest BCUT2D eigenvalue weighted by Crippen LogP contribution is 2.37. The van der Waals surface area contributed by atoms with Crippen LogP contribution in [0.5, 0.6) is 0 Å². The maximum absolute atomic E-state index is 6.39. The number of fused-ring (bicyclic) bond motifs is 1. The minimum atomic E-state index is -0.122. The molecule has 1 fully saturated rings. The van der Waals surface area contributed by atoms with E-state index in [0.717, 1.165) is 42.1 Å². The Balaban J connectivity index is 2.17. The normalized spacial score (nSPS) is 23.6. The molecular formula is C15H23ClN4O. The van der Waals surface area contributed by atoms with E-state index in [1.807, 2.05) is 25.6 Å². The van der Waals surface area contributed by atoms with Crippen LogP contribution < -0.4 is 0 Å². The van der Waals surface area contributed by atoms with Gasteiger partial charge in [-0.2, -0.15) is 5.10 Å². The highest BCUT2D eigenvalue weighted by atomic mass is 35.5. The molecule has 0 spiro atoms. The summed E-state index contributed by atoms with van der Waals surface area (Å²) in [7, 11) is 1.97. The molecule has 0 N–H and O–H groups in total. The van der Waals surface area contributed by atoms with Gasteiger partial charge in [-0.1, -0.05) is 0 Å². The van der Waals surface area contributed by atoms with E-state index < -0.39 is 0 Å². The van der Waals surface area contributed by atoms with Gasteiger partial charge in [0.1, 0.15) is 11.3 Å². The van der Waals surface area contributed by atoms with Gasteiger partial charge in [-0.25, -0.2) is 4.98 Å². The van der Waals surface area contributed by atoms with Crippen molar-refractivity contribution in [2.45, 2.75) is 57.6 Å². The topological polar surface area (TPSA) is 44.9 Å². The molecule has 0 bridgehead atoms. The van der Waals surface area contributed by atoms with Gasteiger partial charge in [0.2, 0.25) is 0 Å². The number of hydrogen-bond donors (Lipinski definition) is 0. The van der Waals surface area contributed by atoms with Crippen LogP contribution in [0.3, 0.4) is 0 Å². The lowest BCUT2D eigenvalue weighted by Crippen LogP contribution is -2.35. The minimum absolute atomic E-state index is 0.111. The molecule has 2 atom stereocenters. The minimum Gasteiger partial charge on any atom is -0.375 e. The van der Waals surface area contributed by atoms with Crippen LogP contribution in [0.2, 0.25) is 0 Å². The summed E-state index contributed by atoms with van der Waals surface area (Å²) in [5.41, 5.74) is 2.87. The average molecular weight is 311 g/mol. The molecule has 2 unspecified atom stereocenters. The number of nitrogens with zero attached hydrogens (tertiary/aromatic N) is 4. The molecule has 6 heteroatoms. The molecule has 1 saturated heterocycles. The van der Waals surface area contributed by atoms with Crippen molar-refractivity contribution in [1.82, 2.24) is 19.3 Å². The Bertz CT molecular complexity index is 671. The molecule has 0 aliphatic carbocycles. The van der Waals surface area contributed by atoms with Gasteiger partial charge in [0.05, 0.1) is 16.7 Å². The number of rotatable bonds is 2. The molecule has 3 heterocycles. The van der Waals surface area contributed by atoms with Crippen LogP contribution in [0.4, 0.5) is 0 Å². The van der Waals surface area contributed by atoms with Crippen LogP contribution in [0, 0.1) is 6.92 Å². The summed E-state index contributed by atoms with van der Waals surface area (Å²) in [5.74, 6) is 0.936. The van der Waals surface area contributed by atoms with E-state index in [9.17, 15) is 0 Å². The number of imidazole rings is 1. The first-order chi connectivity index (χ1) is 9.80. The molecule has 0 radical (unpaired) electrons. The molecule has 2 aromatic heterocycles. The molecule has 0 aromatic carbocycles. The highest BCUT2D eigenvalue weighted by molar-refractivity contribution is 6.20. The Kier molecular flexibility index (Phi) is 3.53. The lowest BCUT2D eigenvalue weighted by molar-refractivity contribution is -0.0690. The van der Waals surface area contributed by atoms with Crippen LogP contribution in [0.15, 0.2) is 0 Å². The summed E-state index contributed by atoms with van der Waals surface area (Å²) >= 11 is 6.39. The Morgan fingerprint density at radius 3 is 2.76 bits per heavy atom. The summed E-state index contributed by atoms with van der Waals surface area (Å²) in [6.45, 7) is 9.03. The number of aromatic nitrogens is 4. The van der Waals surface area contributed by atoms with Crippen molar-refractivity contribution in [3.8, 4) is 0 Å². The summed E-state index contributed by atoms with van der Waals surface area (Å²) < 4.78 is 10.1. The van der Waals surface area contributed by atoms with E-state index in [0.29, 0.717) is 6.04 Å². The van der Waals surface area contributed by atoms with E-state index >= 15 is 0 Å². The third kappa shape index (κ3) is 2.46. The molecule has 0 saturated carbocycles. The van der Waals surface area contributed by atoms with Gasteiger partial charge in [0.15, 0.2) is 5.65 Å². The Morgan fingerprint density at radius 2 is 2.14 bits per heavy atom. The Morgan fingerprint density at radius 1 is 1.43 bits per heavy atom. The second-order valence-electron chi connectivity index (χ2n) is 6.59. The summed E-state index contributed by atoms with van der Waals surface area (Å²) in [5, 5.41) is 4.38. The lowest BCUT2D eigenvalue weighted by Gasteiger charge is -2.37. The molecule has 2 aromatic rings. The van der Waals surface area contributed by atoms with Gasteiger partial charge in [0, 0.05) is 19.7 Å². The van der Waals surface area contributed by atoms with Gasteiger partial charge in [0.25, 0.3) is 0 Å². The predicted molar refractivity (Wildman–Crippen MR) is 83.8 cm³/mol. The predicted octanol–water partition coefficient (Wildman–Crippen LogP) is 3.51. The van der Waals surface area contributed by atoms with Crippen LogP contribution in [0.1, 0.15) is 56.6 Å². The van der Waals surface area contributed by atoms with Crippen molar-refractivity contribution >= 4 is 22.8 Å². The fraction of sp³-hybridized carbons (Fsp3) is 0.733. The number of hydrogen-bond acceptors (Lipinski definition) is 3. The zero-order valence-electron chi connectivity index (χ0n) is 13.4. The zero-order chi connectivity index (χ0) is 15.4. The van der Waals surface area contributed by atoms with Crippen LogP contribution in [0.25, 0.3) is 11.2 Å². The third-order valence-electron chi connectivity index (χ3n) is 4.25. The van der Waals surface area contributed by atoms with Gasteiger partial charge in [-0.15, -0.1) is 11.6 Å². The van der Waals surface area contributed by atoms with Crippen molar-refractivity contribution in [1.29, 1.82) is 0 Å². The fourth-order valence-corrected chi connectivity index (χ4v) is 3.53. The van der Waals surface area contributed by atoms with Gasteiger partial charge in [-0.05, 0) is 40.5 Å². The monoisotopic (exact) mass is 310 g/mol. The van der Waals surface area contributed by atoms with E-state index in [1.54, 1.807) is 0 Å². The molecule has 116 valence electrons. The maximum atomic E-state index is 6.39. The number of aryl methyl sites for hydroxylation is 2. The molecule has 1 aliphatic heterocycles. The van der Waals surface area contributed by atoms with Crippen molar-refractivity contribution in [2.75, 3.05) is 6.61 Å². The molecule has 5 nitrogen and oxygen atoms in total. The fourth-order valence-electron chi connectivity index (χ4n) is 3.37. The molecule has 0 amide bonds. The summed E-state index contributed by atoms with van der Waals surface area (Å²) in [6.07, 6.45) is 1.94. The smallest absolute Gasteiger partial charge is 0.158 e. The Labute approximate surface area is 130 Å². The average Bonchev–Trinajstić information content (AvgIpc) is 2.88. The number of halogens is 1. The van der Waals surface area contributed by atoms with Crippen LogP contribution >= 0.6 is 11.6 Å². The first kappa shape index (κ1) is 14.9. The third-order valence-corrected chi connectivity index (χ3v) is 4.45. The van der Waals surface area contributed by atoms with Gasteiger partial charge in [-0.3, -0.25) is 4.68 Å². The quantitative estimate of drug-likeness (QED) is 0.797. The van der Waals surface area contributed by atoms with E-state index in [2.05, 4.69) is 23.5 Å². The zero-order valence-corrected chi connectivity index (χ0v) is 14.1. The number of alkyl halides is 1. The van der Waals surface area contributed by atoms with Gasteiger partial charge >= 0.3 is 0 Å². The first-order valence-electron chi connectivity index (χ1n) is 7.49. The molecule has 3 rings (SSSR count). The van der Waals surface area contributed by atoms with Crippen LogP contribution in [-0.4, -0.2) is 31.5 Å². The van der Waals surface area contributed by atoms with Crippen molar-refractivity contribution < 1.29 is 4.74 Å². The largest absolute Gasteiger partial charge is 0.375 e. The van der Waals surface area contributed by atoms with Crippen molar-refractivity contribution in [3.05, 3.63) is 11.5 Å². The molecule has 21 heavy (non-hydrogen) atoms. The summed E-state index contributed by atoms with van der Waals surface area (Å²) in [6, 6.07) is 0.352. The Hall–Kier alpha value is -1.07. The number of ether oxygens (including phenoxy) is 1. The van der Waals surface area contributed by atoms with E-state index in [4.69, 9.17) is 21.3 Å². The first-order valence-corrected chi connectivity index (χ1v) is 7.93. The van der Waals surface area contributed by atoms with Crippen LogP contribution in [-0.2, 0) is 11.8 Å². The SMILES string of the molecule is Cc1nn(C)c2c1nc(C(C)Cl)n2C1CCOC(C)(C)C1. The van der Waals surface area contributed by atoms with Crippen molar-refractivity contribution in [3.63, 3.8) is 0 Å². The highest BCUT2D eigenvalue weighted by Gasteiger charge is 2.33. The van der Waals surface area contributed by atoms with Gasteiger partial charge < -0.3 is 9.30 Å². The second kappa shape index (κ2) is 4.99. The summed E-state index contributed by atoms with van der Waals surface area (Å²) in [4.78, 5) is 4.76. The standard InChI is InChI=1S/C15H23ClN4O/c1-9(16)13-17-12-10(2)18-19(5)14(12)20(13)11-6-7-21-15(3,4)8-11/h9,11H,6-8H2,1-5H3. The molecular weight excluding hydrogens is 288 g/mol. The van der Waals surface area contributed by atoms with Crippen molar-refractivity contribution in [2.24, 2.45) is 7.05 Å². The lowest BCUT2D eigenvalue weighted by atomic mass is 9.93. The van der Waals surface area contributed by atoms with E-state index in [1.165, 1.54) is 0 Å².